The number of hydrogen-bond donors (Lipinski definition) is 2. The lowest BCUT2D eigenvalue weighted by Gasteiger charge is -2.27. The van der Waals surface area contributed by atoms with Crippen LogP contribution < -0.4 is 11.1 Å². The predicted octanol–water partition coefficient (Wildman–Crippen LogP) is 3.51. The van der Waals surface area contributed by atoms with Crippen molar-refractivity contribution in [3.63, 3.8) is 0 Å². The Morgan fingerprint density at radius 1 is 1.29 bits per heavy atom. The molecule has 1 aromatic heterocycles. The van der Waals surface area contributed by atoms with E-state index >= 15 is 0 Å². The molecule has 2 aromatic rings. The molecule has 0 saturated heterocycles. The van der Waals surface area contributed by atoms with Gasteiger partial charge < -0.3 is 11.1 Å². The number of aromatic nitrogens is 1. The Bertz CT molecular complexity index is 582. The second-order valence-corrected chi connectivity index (χ2v) is 6.07. The molecule has 1 aromatic carbocycles. The van der Waals surface area contributed by atoms with Crippen molar-refractivity contribution >= 4 is 22.4 Å². The van der Waals surface area contributed by atoms with Crippen molar-refractivity contribution in [2.45, 2.75) is 26.7 Å². The average molecular weight is 303 g/mol. The molecule has 0 bridgehead atoms. The zero-order valence-electron chi connectivity index (χ0n) is 12.4. The summed E-state index contributed by atoms with van der Waals surface area (Å²) in [6, 6.07) is 10.0. The largest absolute Gasteiger partial charge is 0.329 e. The highest BCUT2D eigenvalue weighted by Gasteiger charge is 2.33. The molecule has 0 atom stereocenters. The molecule has 0 unspecified atom stereocenters. The van der Waals surface area contributed by atoms with Crippen molar-refractivity contribution in [2.75, 3.05) is 11.9 Å². The summed E-state index contributed by atoms with van der Waals surface area (Å²) < 4.78 is 0. The molecule has 2 rings (SSSR count). The number of hydrogen-bond acceptors (Lipinski definition) is 4. The SMILES string of the molecule is CCC(CC)(CN)C(=O)Nc1ncc(-c2ccccc2)s1. The molecule has 0 fully saturated rings. The van der Waals surface area contributed by atoms with Crippen LogP contribution in [0.2, 0.25) is 0 Å². The van der Waals surface area contributed by atoms with Crippen LogP contribution in [0.3, 0.4) is 0 Å². The second-order valence-electron chi connectivity index (χ2n) is 5.04. The van der Waals surface area contributed by atoms with Crippen molar-refractivity contribution in [2.24, 2.45) is 11.1 Å². The Balaban J connectivity index is 2.14. The van der Waals surface area contributed by atoms with E-state index in [1.807, 2.05) is 44.2 Å². The zero-order valence-corrected chi connectivity index (χ0v) is 13.2. The van der Waals surface area contributed by atoms with Gasteiger partial charge in [-0.05, 0) is 18.4 Å². The topological polar surface area (TPSA) is 68.0 Å². The van der Waals surface area contributed by atoms with Crippen LogP contribution in [-0.4, -0.2) is 17.4 Å². The summed E-state index contributed by atoms with van der Waals surface area (Å²) in [4.78, 5) is 17.8. The highest BCUT2D eigenvalue weighted by molar-refractivity contribution is 7.19. The van der Waals surface area contributed by atoms with E-state index in [-0.39, 0.29) is 5.91 Å². The summed E-state index contributed by atoms with van der Waals surface area (Å²) in [6.07, 6.45) is 3.24. The third-order valence-electron chi connectivity index (χ3n) is 4.01. The van der Waals surface area contributed by atoms with Gasteiger partial charge in [-0.1, -0.05) is 55.5 Å². The van der Waals surface area contributed by atoms with Gasteiger partial charge in [0.1, 0.15) is 0 Å². The minimum absolute atomic E-state index is 0.0380. The maximum Gasteiger partial charge on any atom is 0.233 e. The minimum atomic E-state index is -0.501. The standard InChI is InChI=1S/C16H21N3OS/c1-3-16(4-2,11-17)14(20)19-15-18-10-13(21-15)12-8-6-5-7-9-12/h5-10H,3-4,11,17H2,1-2H3,(H,18,19,20). The number of carbonyl (C=O) groups is 1. The van der Waals surface area contributed by atoms with E-state index < -0.39 is 5.41 Å². The van der Waals surface area contributed by atoms with Gasteiger partial charge in [0.05, 0.1) is 10.3 Å². The molecule has 0 saturated carbocycles. The van der Waals surface area contributed by atoms with E-state index in [0.717, 1.165) is 23.3 Å². The highest BCUT2D eigenvalue weighted by atomic mass is 32.1. The quantitative estimate of drug-likeness (QED) is 0.858. The number of nitrogens with one attached hydrogen (secondary N) is 1. The Hall–Kier alpha value is -1.72. The number of nitrogens with zero attached hydrogens (tertiary/aromatic N) is 1. The first-order valence-electron chi connectivity index (χ1n) is 7.18. The Morgan fingerprint density at radius 3 is 2.52 bits per heavy atom. The number of thiazole rings is 1. The molecule has 0 aliphatic rings. The summed E-state index contributed by atoms with van der Waals surface area (Å²) in [7, 11) is 0. The number of amides is 1. The molecule has 1 amide bonds. The van der Waals surface area contributed by atoms with Crippen LogP contribution in [0.15, 0.2) is 36.5 Å². The normalized spacial score (nSPS) is 11.4. The van der Waals surface area contributed by atoms with Gasteiger partial charge in [-0.25, -0.2) is 4.98 Å². The maximum absolute atomic E-state index is 12.4. The second kappa shape index (κ2) is 6.83. The maximum atomic E-state index is 12.4. The Labute approximate surface area is 129 Å². The highest BCUT2D eigenvalue weighted by Crippen LogP contribution is 2.31. The van der Waals surface area contributed by atoms with Gasteiger partial charge in [-0.3, -0.25) is 4.79 Å². The molecule has 1 heterocycles. The van der Waals surface area contributed by atoms with E-state index in [2.05, 4.69) is 10.3 Å². The summed E-state index contributed by atoms with van der Waals surface area (Å²) in [5.74, 6) is -0.0380. The van der Waals surface area contributed by atoms with Crippen LogP contribution in [0, 0.1) is 5.41 Å². The lowest BCUT2D eigenvalue weighted by atomic mass is 9.81. The van der Waals surface area contributed by atoms with Gasteiger partial charge in [0.25, 0.3) is 0 Å². The van der Waals surface area contributed by atoms with Gasteiger partial charge in [0.2, 0.25) is 5.91 Å². The first-order chi connectivity index (χ1) is 10.1. The van der Waals surface area contributed by atoms with Crippen LogP contribution in [0.4, 0.5) is 5.13 Å². The lowest BCUT2D eigenvalue weighted by Crippen LogP contribution is -2.41. The number of carbonyl (C=O) groups excluding carboxylic acids is 1. The average Bonchev–Trinajstić information content (AvgIpc) is 2.99. The van der Waals surface area contributed by atoms with E-state index in [1.165, 1.54) is 11.3 Å². The number of anilines is 1. The van der Waals surface area contributed by atoms with Gasteiger partial charge in [0.15, 0.2) is 5.13 Å². The molecule has 21 heavy (non-hydrogen) atoms. The fourth-order valence-corrected chi connectivity index (χ4v) is 3.07. The third-order valence-corrected chi connectivity index (χ3v) is 4.97. The van der Waals surface area contributed by atoms with Crippen LogP contribution in [-0.2, 0) is 4.79 Å². The molecule has 4 nitrogen and oxygen atoms in total. The van der Waals surface area contributed by atoms with Gasteiger partial charge in [0, 0.05) is 12.7 Å². The van der Waals surface area contributed by atoms with Crippen molar-refractivity contribution in [1.29, 1.82) is 0 Å². The Kier molecular flexibility index (Phi) is 5.09. The molecule has 0 aliphatic carbocycles. The van der Waals surface area contributed by atoms with Crippen molar-refractivity contribution in [1.82, 2.24) is 4.98 Å². The molecule has 3 N–H and O–H groups in total. The van der Waals surface area contributed by atoms with Crippen LogP contribution in [0.1, 0.15) is 26.7 Å². The molecule has 5 heteroatoms. The smallest absolute Gasteiger partial charge is 0.233 e. The van der Waals surface area contributed by atoms with Gasteiger partial charge in [-0.15, -0.1) is 0 Å². The van der Waals surface area contributed by atoms with E-state index in [4.69, 9.17) is 5.73 Å². The van der Waals surface area contributed by atoms with Crippen LogP contribution in [0.5, 0.6) is 0 Å². The predicted molar refractivity (Wildman–Crippen MR) is 88.2 cm³/mol. The Morgan fingerprint density at radius 2 is 1.95 bits per heavy atom. The molecule has 0 aliphatic heterocycles. The molecular formula is C16H21N3OS. The summed E-state index contributed by atoms with van der Waals surface area (Å²) in [6.45, 7) is 4.34. The first-order valence-corrected chi connectivity index (χ1v) is 7.99. The summed E-state index contributed by atoms with van der Waals surface area (Å²) >= 11 is 1.48. The minimum Gasteiger partial charge on any atom is -0.329 e. The third kappa shape index (κ3) is 3.31. The van der Waals surface area contributed by atoms with Crippen molar-refractivity contribution < 1.29 is 4.79 Å². The van der Waals surface area contributed by atoms with Crippen molar-refractivity contribution in [3.05, 3.63) is 36.5 Å². The lowest BCUT2D eigenvalue weighted by molar-refractivity contribution is -0.125. The molecule has 0 radical (unpaired) electrons. The zero-order chi connectivity index (χ0) is 15.3. The fraction of sp³-hybridized carbons (Fsp3) is 0.375. The van der Waals surface area contributed by atoms with E-state index in [0.29, 0.717) is 11.7 Å². The summed E-state index contributed by atoms with van der Waals surface area (Å²) in [5.41, 5.74) is 6.40. The molecule has 0 spiro atoms. The first kappa shape index (κ1) is 15.7. The van der Waals surface area contributed by atoms with Crippen molar-refractivity contribution in [3.8, 4) is 10.4 Å². The number of nitrogens with two attached hydrogens (primary N) is 1. The fourth-order valence-electron chi connectivity index (χ4n) is 2.25. The van der Waals surface area contributed by atoms with Gasteiger partial charge >= 0.3 is 0 Å². The van der Waals surface area contributed by atoms with Crippen LogP contribution in [0.25, 0.3) is 10.4 Å². The van der Waals surface area contributed by atoms with Gasteiger partial charge in [-0.2, -0.15) is 0 Å². The molecule has 112 valence electrons. The number of benzene rings is 1. The van der Waals surface area contributed by atoms with E-state index in [9.17, 15) is 4.79 Å². The van der Waals surface area contributed by atoms with E-state index in [1.54, 1.807) is 6.20 Å². The van der Waals surface area contributed by atoms with Crippen LogP contribution >= 0.6 is 11.3 Å². The summed E-state index contributed by atoms with van der Waals surface area (Å²) in [5, 5.41) is 3.54. The molecular weight excluding hydrogens is 282 g/mol. The monoisotopic (exact) mass is 303 g/mol. The number of rotatable bonds is 6.